The summed E-state index contributed by atoms with van der Waals surface area (Å²) in [6, 6.07) is 5.37. The minimum Gasteiger partial charge on any atom is -0.397 e. The number of hydrogen-bond acceptors (Lipinski definition) is 4. The molecular formula is C12H19N3O2S. The number of benzene rings is 1. The van der Waals surface area contributed by atoms with Gasteiger partial charge in [0, 0.05) is 12.6 Å². The lowest BCUT2D eigenvalue weighted by Gasteiger charge is -2.25. The van der Waals surface area contributed by atoms with Gasteiger partial charge in [0.1, 0.15) is 0 Å². The Bertz CT molecular complexity index is 542. The SMILES string of the molecule is CNS(=O)(=O)c1ccc(N2CCCC2C)c(N)c1. The number of nitrogen functional groups attached to an aromatic ring is 1. The van der Waals surface area contributed by atoms with Gasteiger partial charge in [0.2, 0.25) is 10.0 Å². The molecule has 0 aromatic heterocycles. The highest BCUT2D eigenvalue weighted by Crippen LogP contribution is 2.31. The molecular weight excluding hydrogens is 250 g/mol. The normalized spacial score (nSPS) is 20.3. The molecule has 0 aliphatic carbocycles. The Morgan fingerprint density at radius 1 is 1.44 bits per heavy atom. The van der Waals surface area contributed by atoms with Crippen LogP contribution in [0.5, 0.6) is 0 Å². The van der Waals surface area contributed by atoms with E-state index in [1.54, 1.807) is 12.1 Å². The van der Waals surface area contributed by atoms with Gasteiger partial charge in [-0.3, -0.25) is 0 Å². The number of rotatable bonds is 3. The summed E-state index contributed by atoms with van der Waals surface area (Å²) < 4.78 is 25.6. The Morgan fingerprint density at radius 3 is 2.67 bits per heavy atom. The fourth-order valence-corrected chi connectivity index (χ4v) is 3.14. The lowest BCUT2D eigenvalue weighted by molar-refractivity contribution is 0.588. The van der Waals surface area contributed by atoms with E-state index in [9.17, 15) is 8.42 Å². The van der Waals surface area contributed by atoms with Crippen molar-refractivity contribution in [1.29, 1.82) is 0 Å². The Labute approximate surface area is 108 Å². The molecule has 6 heteroatoms. The smallest absolute Gasteiger partial charge is 0.240 e. The van der Waals surface area contributed by atoms with Gasteiger partial charge in [-0.2, -0.15) is 0 Å². The van der Waals surface area contributed by atoms with Crippen molar-refractivity contribution in [2.45, 2.75) is 30.7 Å². The van der Waals surface area contributed by atoms with E-state index >= 15 is 0 Å². The van der Waals surface area contributed by atoms with Crippen molar-refractivity contribution in [2.24, 2.45) is 0 Å². The lowest BCUT2D eigenvalue weighted by Crippen LogP contribution is -2.27. The zero-order valence-corrected chi connectivity index (χ0v) is 11.5. The van der Waals surface area contributed by atoms with Gasteiger partial charge in [-0.25, -0.2) is 13.1 Å². The Morgan fingerprint density at radius 2 is 2.17 bits per heavy atom. The van der Waals surface area contributed by atoms with Gasteiger partial charge < -0.3 is 10.6 Å². The molecule has 0 saturated carbocycles. The third kappa shape index (κ3) is 2.30. The fourth-order valence-electron chi connectivity index (χ4n) is 2.37. The Hall–Kier alpha value is -1.27. The summed E-state index contributed by atoms with van der Waals surface area (Å²) >= 11 is 0. The number of nitrogens with two attached hydrogens (primary N) is 1. The van der Waals surface area contributed by atoms with Crippen molar-refractivity contribution in [3.8, 4) is 0 Å². The van der Waals surface area contributed by atoms with Gasteiger partial charge in [-0.1, -0.05) is 0 Å². The quantitative estimate of drug-likeness (QED) is 0.808. The van der Waals surface area contributed by atoms with Crippen molar-refractivity contribution in [3.05, 3.63) is 18.2 Å². The molecule has 3 N–H and O–H groups in total. The first-order valence-corrected chi connectivity index (χ1v) is 7.54. The summed E-state index contributed by atoms with van der Waals surface area (Å²) in [6.07, 6.45) is 2.30. The second-order valence-corrected chi connectivity index (χ2v) is 6.50. The molecule has 1 unspecified atom stereocenters. The molecule has 1 aliphatic heterocycles. The molecule has 0 bridgehead atoms. The van der Waals surface area contributed by atoms with Crippen molar-refractivity contribution >= 4 is 21.4 Å². The Balaban J connectivity index is 2.37. The predicted octanol–water partition coefficient (Wildman–Crippen LogP) is 1.17. The monoisotopic (exact) mass is 269 g/mol. The highest BCUT2D eigenvalue weighted by molar-refractivity contribution is 7.89. The summed E-state index contributed by atoms with van der Waals surface area (Å²) in [4.78, 5) is 2.43. The maximum atomic E-state index is 11.7. The van der Waals surface area contributed by atoms with Crippen LogP contribution < -0.4 is 15.4 Å². The summed E-state index contributed by atoms with van der Waals surface area (Å²) in [7, 11) is -2.03. The van der Waals surface area contributed by atoms with Crippen molar-refractivity contribution in [1.82, 2.24) is 4.72 Å². The molecule has 1 fully saturated rings. The third-order valence-electron chi connectivity index (χ3n) is 3.44. The van der Waals surface area contributed by atoms with E-state index in [4.69, 9.17) is 5.73 Å². The third-order valence-corrected chi connectivity index (χ3v) is 4.85. The number of anilines is 2. The molecule has 1 heterocycles. The van der Waals surface area contributed by atoms with E-state index in [2.05, 4.69) is 16.5 Å². The fraction of sp³-hybridized carbons (Fsp3) is 0.500. The Kier molecular flexibility index (Phi) is 3.49. The molecule has 5 nitrogen and oxygen atoms in total. The number of hydrogen-bond donors (Lipinski definition) is 2. The molecule has 0 radical (unpaired) electrons. The van der Waals surface area contributed by atoms with Crippen LogP contribution in [0, 0.1) is 0 Å². The van der Waals surface area contributed by atoms with E-state index in [1.165, 1.54) is 13.1 Å². The first kappa shape index (κ1) is 13.2. The van der Waals surface area contributed by atoms with Crippen LogP contribution in [-0.2, 0) is 10.0 Å². The average Bonchev–Trinajstić information content (AvgIpc) is 2.75. The lowest BCUT2D eigenvalue weighted by atomic mass is 10.2. The van der Waals surface area contributed by atoms with Crippen molar-refractivity contribution < 1.29 is 8.42 Å². The van der Waals surface area contributed by atoms with Crippen LogP contribution >= 0.6 is 0 Å². The minimum absolute atomic E-state index is 0.207. The standard InChI is InChI=1S/C12H19N3O2S/c1-9-4-3-7-15(9)12-6-5-10(8-11(12)13)18(16,17)14-2/h5-6,8-9,14H,3-4,7,13H2,1-2H3. The van der Waals surface area contributed by atoms with Crippen molar-refractivity contribution in [2.75, 3.05) is 24.2 Å². The van der Waals surface area contributed by atoms with E-state index in [1.807, 2.05) is 0 Å². The zero-order valence-electron chi connectivity index (χ0n) is 10.7. The van der Waals surface area contributed by atoms with E-state index in [0.717, 1.165) is 25.1 Å². The maximum absolute atomic E-state index is 11.7. The van der Waals surface area contributed by atoms with Crippen LogP contribution in [0.4, 0.5) is 11.4 Å². The minimum atomic E-state index is -3.42. The second-order valence-electron chi connectivity index (χ2n) is 4.61. The molecule has 100 valence electrons. The van der Waals surface area contributed by atoms with Crippen LogP contribution in [0.15, 0.2) is 23.1 Å². The molecule has 0 amide bonds. The van der Waals surface area contributed by atoms with Gasteiger partial charge in [-0.05, 0) is 45.0 Å². The molecule has 0 spiro atoms. The highest BCUT2D eigenvalue weighted by Gasteiger charge is 2.23. The largest absolute Gasteiger partial charge is 0.397 e. The van der Waals surface area contributed by atoms with Crippen LogP contribution in [-0.4, -0.2) is 28.1 Å². The summed E-state index contributed by atoms with van der Waals surface area (Å²) in [5.41, 5.74) is 7.42. The summed E-state index contributed by atoms with van der Waals surface area (Å²) in [5.74, 6) is 0. The van der Waals surface area contributed by atoms with E-state index in [-0.39, 0.29) is 4.90 Å². The highest BCUT2D eigenvalue weighted by atomic mass is 32.2. The van der Waals surface area contributed by atoms with E-state index < -0.39 is 10.0 Å². The van der Waals surface area contributed by atoms with Crippen LogP contribution in [0.2, 0.25) is 0 Å². The number of nitrogens with one attached hydrogen (secondary N) is 1. The predicted molar refractivity (Wildman–Crippen MR) is 73.1 cm³/mol. The van der Waals surface area contributed by atoms with Gasteiger partial charge >= 0.3 is 0 Å². The van der Waals surface area contributed by atoms with Gasteiger partial charge in [0.15, 0.2) is 0 Å². The molecule has 1 aromatic rings. The first-order chi connectivity index (χ1) is 8.45. The number of sulfonamides is 1. The van der Waals surface area contributed by atoms with Gasteiger partial charge in [0.25, 0.3) is 0 Å². The number of nitrogens with zero attached hydrogens (tertiary/aromatic N) is 1. The summed E-state index contributed by atoms with van der Waals surface area (Å²) in [5, 5.41) is 0. The van der Waals surface area contributed by atoms with Crippen molar-refractivity contribution in [3.63, 3.8) is 0 Å². The van der Waals surface area contributed by atoms with Gasteiger partial charge in [0.05, 0.1) is 16.3 Å². The summed E-state index contributed by atoms with van der Waals surface area (Å²) in [6.45, 7) is 3.13. The molecule has 1 aromatic carbocycles. The second kappa shape index (κ2) is 4.78. The van der Waals surface area contributed by atoms with E-state index in [0.29, 0.717) is 11.7 Å². The van der Waals surface area contributed by atoms with Gasteiger partial charge in [-0.15, -0.1) is 0 Å². The zero-order chi connectivity index (χ0) is 13.3. The molecule has 1 saturated heterocycles. The topological polar surface area (TPSA) is 75.4 Å². The molecule has 2 rings (SSSR count). The van der Waals surface area contributed by atoms with Crippen LogP contribution in [0.3, 0.4) is 0 Å². The van der Waals surface area contributed by atoms with Crippen LogP contribution in [0.1, 0.15) is 19.8 Å². The molecule has 1 aliphatic rings. The first-order valence-electron chi connectivity index (χ1n) is 6.05. The van der Waals surface area contributed by atoms with Crippen LogP contribution in [0.25, 0.3) is 0 Å². The molecule has 1 atom stereocenters. The maximum Gasteiger partial charge on any atom is 0.240 e. The molecule has 18 heavy (non-hydrogen) atoms. The average molecular weight is 269 g/mol.